The van der Waals surface area contributed by atoms with Gasteiger partial charge in [0.1, 0.15) is 6.20 Å². The Morgan fingerprint density at radius 2 is 2.16 bits per heavy atom. The van der Waals surface area contributed by atoms with Gasteiger partial charge >= 0.3 is 5.69 Å². The summed E-state index contributed by atoms with van der Waals surface area (Å²) in [5.74, 6) is -0.620. The highest BCUT2D eigenvalue weighted by Crippen LogP contribution is 2.18. The number of carbonyl (C=O) groups is 1. The number of hydrogen-bond acceptors (Lipinski definition) is 5. The van der Waals surface area contributed by atoms with E-state index in [0.717, 1.165) is 0 Å². The summed E-state index contributed by atoms with van der Waals surface area (Å²) >= 11 is 0. The van der Waals surface area contributed by atoms with Gasteiger partial charge in [-0.05, 0) is 19.1 Å². The number of nitrogens with zero attached hydrogens (tertiary/aromatic N) is 4. The van der Waals surface area contributed by atoms with Crippen LogP contribution in [0.4, 0.5) is 11.4 Å². The smallest absolute Gasteiger partial charge is 0.320 e. The predicted molar refractivity (Wildman–Crippen MR) is 66.7 cm³/mol. The Labute approximate surface area is 108 Å². The molecule has 0 saturated heterocycles. The summed E-state index contributed by atoms with van der Waals surface area (Å²) in [6.45, 7) is 2.23. The maximum atomic E-state index is 12.0. The van der Waals surface area contributed by atoms with E-state index in [4.69, 9.17) is 0 Å². The number of nitro groups is 1. The second-order valence-electron chi connectivity index (χ2n) is 3.67. The van der Waals surface area contributed by atoms with Crippen LogP contribution in [0.25, 0.3) is 0 Å². The van der Waals surface area contributed by atoms with Crippen LogP contribution in [0.5, 0.6) is 0 Å². The lowest BCUT2D eigenvalue weighted by Gasteiger charge is -2.01. The standard InChI is InChI=1S/C11H11N5O3/c1-2-15-7-9(16(18)19)10(14-15)11(17)13-8-3-5-12-6-4-8/h3-7H,2H2,1H3,(H,12,13,17). The molecular weight excluding hydrogens is 250 g/mol. The highest BCUT2D eigenvalue weighted by atomic mass is 16.6. The highest BCUT2D eigenvalue weighted by molar-refractivity contribution is 6.05. The number of aromatic nitrogens is 3. The van der Waals surface area contributed by atoms with Gasteiger partial charge < -0.3 is 5.32 Å². The van der Waals surface area contributed by atoms with Crippen molar-refractivity contribution in [1.82, 2.24) is 14.8 Å². The first-order chi connectivity index (χ1) is 9.11. The van der Waals surface area contributed by atoms with Crippen molar-refractivity contribution in [3.8, 4) is 0 Å². The second kappa shape index (κ2) is 5.25. The van der Waals surface area contributed by atoms with Gasteiger partial charge in [-0.2, -0.15) is 5.10 Å². The van der Waals surface area contributed by atoms with Gasteiger partial charge in [0, 0.05) is 24.6 Å². The van der Waals surface area contributed by atoms with Crippen LogP contribution in [-0.4, -0.2) is 25.6 Å². The van der Waals surface area contributed by atoms with Crippen molar-refractivity contribution in [3.05, 3.63) is 46.5 Å². The Morgan fingerprint density at radius 1 is 1.47 bits per heavy atom. The molecule has 19 heavy (non-hydrogen) atoms. The van der Waals surface area contributed by atoms with Crippen molar-refractivity contribution in [2.45, 2.75) is 13.5 Å². The fraction of sp³-hybridized carbons (Fsp3) is 0.182. The van der Waals surface area contributed by atoms with Gasteiger partial charge in [-0.15, -0.1) is 0 Å². The first-order valence-corrected chi connectivity index (χ1v) is 5.55. The summed E-state index contributed by atoms with van der Waals surface area (Å²) in [5.41, 5.74) is -0.0163. The van der Waals surface area contributed by atoms with E-state index in [9.17, 15) is 14.9 Å². The van der Waals surface area contributed by atoms with Gasteiger partial charge in [-0.3, -0.25) is 24.6 Å². The fourth-order valence-electron chi connectivity index (χ4n) is 1.49. The number of hydrogen-bond donors (Lipinski definition) is 1. The van der Waals surface area contributed by atoms with Crippen molar-refractivity contribution < 1.29 is 9.72 Å². The molecule has 2 rings (SSSR count). The van der Waals surface area contributed by atoms with E-state index in [1.54, 1.807) is 19.1 Å². The van der Waals surface area contributed by atoms with E-state index in [0.29, 0.717) is 12.2 Å². The number of nitrogens with one attached hydrogen (secondary N) is 1. The predicted octanol–water partition coefficient (Wildman–Crippen LogP) is 1.46. The number of amides is 1. The van der Waals surface area contributed by atoms with Crippen LogP contribution in [0.2, 0.25) is 0 Å². The van der Waals surface area contributed by atoms with Gasteiger partial charge in [0.05, 0.1) is 4.92 Å². The summed E-state index contributed by atoms with van der Waals surface area (Å²) in [6, 6.07) is 3.17. The van der Waals surface area contributed by atoms with Crippen molar-refractivity contribution in [2.75, 3.05) is 5.32 Å². The molecule has 8 heteroatoms. The third-order valence-corrected chi connectivity index (χ3v) is 2.42. The summed E-state index contributed by atoms with van der Waals surface area (Å²) < 4.78 is 1.35. The average molecular weight is 261 g/mol. The number of rotatable bonds is 4. The van der Waals surface area contributed by atoms with Gasteiger partial charge in [0.15, 0.2) is 0 Å². The average Bonchev–Trinajstić information content (AvgIpc) is 2.84. The molecule has 1 amide bonds. The van der Waals surface area contributed by atoms with Crippen LogP contribution in [-0.2, 0) is 6.54 Å². The Kier molecular flexibility index (Phi) is 3.51. The second-order valence-corrected chi connectivity index (χ2v) is 3.67. The first kappa shape index (κ1) is 12.7. The lowest BCUT2D eigenvalue weighted by Crippen LogP contribution is -2.14. The van der Waals surface area contributed by atoms with Gasteiger partial charge in [0.25, 0.3) is 5.91 Å². The number of aryl methyl sites for hydroxylation is 1. The summed E-state index contributed by atoms with van der Waals surface area (Å²) in [4.78, 5) is 26.0. The Morgan fingerprint density at radius 3 is 2.74 bits per heavy atom. The van der Waals surface area contributed by atoms with Crippen LogP contribution >= 0.6 is 0 Å². The van der Waals surface area contributed by atoms with Gasteiger partial charge in [0.2, 0.25) is 5.69 Å². The molecule has 0 saturated carbocycles. The molecule has 0 aliphatic carbocycles. The zero-order chi connectivity index (χ0) is 13.8. The Hall–Kier alpha value is -2.77. The first-order valence-electron chi connectivity index (χ1n) is 5.55. The minimum atomic E-state index is -0.624. The number of carbonyl (C=O) groups excluding carboxylic acids is 1. The molecule has 0 aliphatic rings. The highest BCUT2D eigenvalue weighted by Gasteiger charge is 2.25. The number of anilines is 1. The lowest BCUT2D eigenvalue weighted by atomic mass is 10.3. The van der Waals surface area contributed by atoms with Crippen LogP contribution in [0.1, 0.15) is 17.4 Å². The normalized spacial score (nSPS) is 10.2. The Bertz CT molecular complexity index is 608. The maximum absolute atomic E-state index is 12.0. The molecule has 0 atom stereocenters. The summed E-state index contributed by atoms with van der Waals surface area (Å²) in [5, 5.41) is 17.3. The van der Waals surface area contributed by atoms with Gasteiger partial charge in [-0.1, -0.05) is 0 Å². The zero-order valence-corrected chi connectivity index (χ0v) is 10.1. The molecule has 0 bridgehead atoms. The molecule has 0 aliphatic heterocycles. The van der Waals surface area contributed by atoms with E-state index in [1.807, 2.05) is 0 Å². The minimum absolute atomic E-state index is 0.205. The molecule has 0 spiro atoms. The summed E-state index contributed by atoms with van der Waals surface area (Å²) in [7, 11) is 0. The topological polar surface area (TPSA) is 103 Å². The molecule has 8 nitrogen and oxygen atoms in total. The number of pyridine rings is 1. The van der Waals surface area contributed by atoms with E-state index in [2.05, 4.69) is 15.4 Å². The molecule has 0 radical (unpaired) electrons. The van der Waals surface area contributed by atoms with Crippen molar-refractivity contribution in [2.24, 2.45) is 0 Å². The molecule has 0 fully saturated rings. The summed E-state index contributed by atoms with van der Waals surface area (Å²) in [6.07, 6.45) is 4.25. The molecule has 98 valence electrons. The van der Waals surface area contributed by atoms with E-state index >= 15 is 0 Å². The van der Waals surface area contributed by atoms with Crippen LogP contribution in [0, 0.1) is 10.1 Å². The van der Waals surface area contributed by atoms with Crippen LogP contribution < -0.4 is 5.32 Å². The SMILES string of the molecule is CCn1cc([N+](=O)[O-])c(C(=O)Nc2ccncc2)n1. The lowest BCUT2D eigenvalue weighted by molar-refractivity contribution is -0.385. The fourth-order valence-corrected chi connectivity index (χ4v) is 1.49. The molecule has 2 aromatic heterocycles. The minimum Gasteiger partial charge on any atom is -0.320 e. The van der Waals surface area contributed by atoms with E-state index < -0.39 is 10.8 Å². The third kappa shape index (κ3) is 2.73. The van der Waals surface area contributed by atoms with Crippen LogP contribution in [0.15, 0.2) is 30.7 Å². The third-order valence-electron chi connectivity index (χ3n) is 2.42. The van der Waals surface area contributed by atoms with E-state index in [-0.39, 0.29) is 11.4 Å². The maximum Gasteiger partial charge on any atom is 0.320 e. The quantitative estimate of drug-likeness (QED) is 0.662. The molecule has 0 unspecified atom stereocenters. The molecule has 1 N–H and O–H groups in total. The van der Waals surface area contributed by atoms with Gasteiger partial charge in [-0.25, -0.2) is 0 Å². The van der Waals surface area contributed by atoms with Crippen molar-refractivity contribution >= 4 is 17.3 Å². The van der Waals surface area contributed by atoms with Crippen LogP contribution in [0.3, 0.4) is 0 Å². The largest absolute Gasteiger partial charge is 0.320 e. The molecule has 2 heterocycles. The monoisotopic (exact) mass is 261 g/mol. The molecular formula is C11H11N5O3. The zero-order valence-electron chi connectivity index (χ0n) is 10.1. The van der Waals surface area contributed by atoms with E-state index in [1.165, 1.54) is 23.3 Å². The molecule has 2 aromatic rings. The van der Waals surface area contributed by atoms with Crippen molar-refractivity contribution in [3.63, 3.8) is 0 Å². The Balaban J connectivity index is 2.28. The molecule has 0 aromatic carbocycles. The van der Waals surface area contributed by atoms with Crippen molar-refractivity contribution in [1.29, 1.82) is 0 Å².